The van der Waals surface area contributed by atoms with E-state index in [1.807, 2.05) is 36.8 Å². The minimum absolute atomic E-state index is 0.371. The predicted molar refractivity (Wildman–Crippen MR) is 100 cm³/mol. The van der Waals surface area contributed by atoms with Crippen LogP contribution in [-0.4, -0.2) is 40.3 Å². The van der Waals surface area contributed by atoms with Crippen molar-refractivity contribution in [3.63, 3.8) is 0 Å². The molecule has 3 N–H and O–H groups in total. The van der Waals surface area contributed by atoms with Crippen molar-refractivity contribution in [3.05, 3.63) is 41.1 Å². The summed E-state index contributed by atoms with van der Waals surface area (Å²) in [6.07, 6.45) is 3.41. The van der Waals surface area contributed by atoms with Crippen molar-refractivity contribution in [2.24, 2.45) is 5.73 Å². The van der Waals surface area contributed by atoms with Crippen LogP contribution in [0.2, 0.25) is 0 Å². The summed E-state index contributed by atoms with van der Waals surface area (Å²) in [6, 6.07) is 1.70. The van der Waals surface area contributed by atoms with Crippen molar-refractivity contribution in [3.8, 4) is 22.9 Å². The number of aromatic nitrogens is 7. The SMILES string of the molecule is CCn1nc(C)c(C)c1-c1nc(-c2cc(C(N)=O)cn3c(C)ncc23)n[nH]1. The van der Waals surface area contributed by atoms with Crippen LogP contribution in [0.1, 0.15) is 34.4 Å². The maximum Gasteiger partial charge on any atom is 0.250 e. The number of H-pyrrole nitrogens is 1. The van der Waals surface area contributed by atoms with Crippen LogP contribution in [-0.2, 0) is 6.54 Å². The molecule has 0 aliphatic heterocycles. The third-order valence-corrected chi connectivity index (χ3v) is 4.79. The summed E-state index contributed by atoms with van der Waals surface area (Å²) in [4.78, 5) is 20.7. The number of aromatic amines is 1. The molecule has 0 radical (unpaired) electrons. The number of nitrogens with two attached hydrogens (primary N) is 1. The Labute approximate surface area is 155 Å². The van der Waals surface area contributed by atoms with Crippen LogP contribution in [0.15, 0.2) is 18.5 Å². The van der Waals surface area contributed by atoms with Crippen molar-refractivity contribution in [1.82, 2.24) is 34.3 Å². The summed E-state index contributed by atoms with van der Waals surface area (Å²) in [6.45, 7) is 8.59. The number of carbonyl (C=O) groups is 1. The molecule has 0 aliphatic carbocycles. The summed E-state index contributed by atoms with van der Waals surface area (Å²) in [5.74, 6) is 1.33. The van der Waals surface area contributed by atoms with Gasteiger partial charge in [-0.1, -0.05) is 0 Å². The van der Waals surface area contributed by atoms with Gasteiger partial charge in [-0.3, -0.25) is 14.6 Å². The fraction of sp³-hybridized carbons (Fsp3) is 0.278. The summed E-state index contributed by atoms with van der Waals surface area (Å²) in [5.41, 5.74) is 10.3. The van der Waals surface area contributed by atoms with E-state index in [-0.39, 0.29) is 0 Å². The quantitative estimate of drug-likeness (QED) is 0.574. The van der Waals surface area contributed by atoms with E-state index in [1.165, 1.54) is 0 Å². The highest BCUT2D eigenvalue weighted by Gasteiger charge is 2.19. The average molecular weight is 364 g/mol. The Hall–Kier alpha value is -3.49. The summed E-state index contributed by atoms with van der Waals surface area (Å²) >= 11 is 0. The van der Waals surface area contributed by atoms with E-state index in [9.17, 15) is 4.79 Å². The number of aryl methyl sites for hydroxylation is 3. The highest BCUT2D eigenvalue weighted by molar-refractivity contribution is 5.95. The molecule has 9 heteroatoms. The Kier molecular flexibility index (Phi) is 3.79. The van der Waals surface area contributed by atoms with Gasteiger partial charge in [0.1, 0.15) is 11.5 Å². The second-order valence-electron chi connectivity index (χ2n) is 6.45. The van der Waals surface area contributed by atoms with E-state index in [0.29, 0.717) is 22.8 Å². The molecule has 27 heavy (non-hydrogen) atoms. The smallest absolute Gasteiger partial charge is 0.250 e. The van der Waals surface area contributed by atoms with Crippen molar-refractivity contribution >= 4 is 11.4 Å². The molecule has 138 valence electrons. The largest absolute Gasteiger partial charge is 0.366 e. The van der Waals surface area contributed by atoms with Gasteiger partial charge in [-0.15, -0.1) is 0 Å². The second kappa shape index (κ2) is 6.04. The lowest BCUT2D eigenvalue weighted by atomic mass is 10.1. The van der Waals surface area contributed by atoms with Gasteiger partial charge in [0.05, 0.1) is 23.0 Å². The fourth-order valence-electron chi connectivity index (χ4n) is 3.22. The second-order valence-corrected chi connectivity index (χ2v) is 6.45. The van der Waals surface area contributed by atoms with Crippen LogP contribution in [0.5, 0.6) is 0 Å². The zero-order chi connectivity index (χ0) is 19.3. The number of primary amides is 1. The first kappa shape index (κ1) is 17.0. The topological polar surface area (TPSA) is 120 Å². The van der Waals surface area contributed by atoms with E-state index in [4.69, 9.17) is 5.73 Å². The number of rotatable bonds is 4. The molecular formula is C18H20N8O. The number of fused-ring (bicyclic) bond motifs is 1. The Bertz CT molecular complexity index is 1180. The van der Waals surface area contributed by atoms with Gasteiger partial charge in [-0.25, -0.2) is 9.97 Å². The molecule has 4 heterocycles. The van der Waals surface area contributed by atoms with Crippen LogP contribution < -0.4 is 5.73 Å². The van der Waals surface area contributed by atoms with Gasteiger partial charge in [0.2, 0.25) is 5.91 Å². The normalized spacial score (nSPS) is 11.4. The number of amides is 1. The standard InChI is InChI=1S/C18H20N8O/c1-5-26-15(9(2)10(3)24-26)18-21-17(22-23-18)13-6-12(16(19)27)8-25-11(4)20-7-14(13)25/h6-8H,5H2,1-4H3,(H2,19,27)(H,21,22,23). The predicted octanol–water partition coefficient (Wildman–Crippen LogP) is 2.03. The first-order chi connectivity index (χ1) is 12.9. The molecule has 0 fully saturated rings. The third-order valence-electron chi connectivity index (χ3n) is 4.79. The zero-order valence-electron chi connectivity index (χ0n) is 15.6. The summed E-state index contributed by atoms with van der Waals surface area (Å²) in [7, 11) is 0. The molecule has 0 saturated heterocycles. The Morgan fingerprint density at radius 1 is 1.30 bits per heavy atom. The number of nitrogens with zero attached hydrogens (tertiary/aromatic N) is 6. The van der Waals surface area contributed by atoms with Gasteiger partial charge in [0.15, 0.2) is 11.6 Å². The highest BCUT2D eigenvalue weighted by atomic mass is 16.1. The number of imidazole rings is 1. The highest BCUT2D eigenvalue weighted by Crippen LogP contribution is 2.28. The maximum absolute atomic E-state index is 11.7. The number of hydrogen-bond donors (Lipinski definition) is 2. The molecule has 0 unspecified atom stereocenters. The van der Waals surface area contributed by atoms with Crippen LogP contribution >= 0.6 is 0 Å². The lowest BCUT2D eigenvalue weighted by molar-refractivity contribution is 0.1000. The number of carbonyl (C=O) groups excluding carboxylic acids is 1. The van der Waals surface area contributed by atoms with Gasteiger partial charge >= 0.3 is 0 Å². The van der Waals surface area contributed by atoms with Gasteiger partial charge in [0, 0.05) is 23.9 Å². The molecule has 0 atom stereocenters. The maximum atomic E-state index is 11.7. The molecule has 4 aromatic heterocycles. The summed E-state index contributed by atoms with van der Waals surface area (Å²) in [5, 5.41) is 11.9. The van der Waals surface area contributed by atoms with Crippen LogP contribution in [0.25, 0.3) is 28.4 Å². The molecule has 0 saturated carbocycles. The number of nitrogens with one attached hydrogen (secondary N) is 1. The molecule has 0 spiro atoms. The Morgan fingerprint density at radius 3 is 2.78 bits per heavy atom. The van der Waals surface area contributed by atoms with E-state index in [0.717, 1.165) is 34.8 Å². The number of pyridine rings is 1. The molecule has 0 aromatic carbocycles. The average Bonchev–Trinajstić information content (AvgIpc) is 3.33. The molecule has 4 rings (SSSR count). The molecule has 4 aromatic rings. The van der Waals surface area contributed by atoms with Gasteiger partial charge in [0.25, 0.3) is 0 Å². The van der Waals surface area contributed by atoms with Crippen molar-refractivity contribution in [2.45, 2.75) is 34.2 Å². The molecule has 0 bridgehead atoms. The van der Waals surface area contributed by atoms with Crippen molar-refractivity contribution in [1.29, 1.82) is 0 Å². The minimum Gasteiger partial charge on any atom is -0.366 e. The third kappa shape index (κ3) is 2.59. The van der Waals surface area contributed by atoms with Crippen LogP contribution in [0.3, 0.4) is 0 Å². The van der Waals surface area contributed by atoms with E-state index in [1.54, 1.807) is 18.5 Å². The molecule has 1 amide bonds. The van der Waals surface area contributed by atoms with E-state index < -0.39 is 5.91 Å². The lowest BCUT2D eigenvalue weighted by Gasteiger charge is -2.05. The van der Waals surface area contributed by atoms with Gasteiger partial charge in [-0.2, -0.15) is 10.2 Å². The molecule has 9 nitrogen and oxygen atoms in total. The molecular weight excluding hydrogens is 344 g/mol. The molecule has 0 aliphatic rings. The van der Waals surface area contributed by atoms with Crippen molar-refractivity contribution < 1.29 is 4.79 Å². The van der Waals surface area contributed by atoms with Crippen molar-refractivity contribution in [2.75, 3.05) is 0 Å². The van der Waals surface area contributed by atoms with Crippen LogP contribution in [0, 0.1) is 20.8 Å². The van der Waals surface area contributed by atoms with Crippen LogP contribution in [0.4, 0.5) is 0 Å². The van der Waals surface area contributed by atoms with Gasteiger partial charge in [-0.05, 0) is 33.8 Å². The Morgan fingerprint density at radius 2 is 2.07 bits per heavy atom. The van der Waals surface area contributed by atoms with E-state index >= 15 is 0 Å². The summed E-state index contributed by atoms with van der Waals surface area (Å²) < 4.78 is 3.71. The number of hydrogen-bond acceptors (Lipinski definition) is 5. The van der Waals surface area contributed by atoms with E-state index in [2.05, 4.69) is 25.3 Å². The first-order valence-corrected chi connectivity index (χ1v) is 8.65. The lowest BCUT2D eigenvalue weighted by Crippen LogP contribution is -2.12. The zero-order valence-corrected chi connectivity index (χ0v) is 15.6. The first-order valence-electron chi connectivity index (χ1n) is 8.65. The minimum atomic E-state index is -0.516. The van der Waals surface area contributed by atoms with Gasteiger partial charge < -0.3 is 10.1 Å². The monoisotopic (exact) mass is 364 g/mol. The Balaban J connectivity index is 1.91. The fourth-order valence-corrected chi connectivity index (χ4v) is 3.22.